The number of rotatable bonds is 5. The van der Waals surface area contributed by atoms with Crippen LogP contribution in [0, 0.1) is 11.7 Å². The summed E-state index contributed by atoms with van der Waals surface area (Å²) in [5.41, 5.74) is 0.721. The third-order valence-corrected chi connectivity index (χ3v) is 4.60. The van der Waals surface area contributed by atoms with Crippen molar-refractivity contribution in [3.8, 4) is 0 Å². The van der Waals surface area contributed by atoms with Crippen molar-refractivity contribution in [1.29, 1.82) is 0 Å². The second kappa shape index (κ2) is 6.64. The topological polar surface area (TPSA) is 58.2 Å². The molecule has 0 heterocycles. The second-order valence-corrected chi connectivity index (χ2v) is 7.65. The van der Waals surface area contributed by atoms with E-state index in [4.69, 9.17) is 0 Å². The molecule has 1 aliphatic rings. The summed E-state index contributed by atoms with van der Waals surface area (Å²) in [5.74, 6) is 0.0476. The molecule has 1 aromatic rings. The minimum atomic E-state index is -3.48. The molecule has 0 saturated heterocycles. The van der Waals surface area contributed by atoms with Gasteiger partial charge in [-0.25, -0.2) is 12.8 Å². The fourth-order valence-corrected chi connectivity index (χ4v) is 3.46. The minimum Gasteiger partial charge on any atom is -0.382 e. The Labute approximate surface area is 126 Å². The molecule has 1 saturated carbocycles. The summed E-state index contributed by atoms with van der Waals surface area (Å²) < 4.78 is 38.3. The smallest absolute Gasteiger partial charge is 0.229 e. The van der Waals surface area contributed by atoms with Gasteiger partial charge in [0.25, 0.3) is 0 Å². The largest absolute Gasteiger partial charge is 0.382 e. The van der Waals surface area contributed by atoms with Gasteiger partial charge in [-0.05, 0) is 43.9 Å². The molecule has 4 nitrogen and oxygen atoms in total. The molecule has 1 fully saturated rings. The molecule has 0 spiro atoms. The highest BCUT2D eigenvalue weighted by Crippen LogP contribution is 2.29. The van der Waals surface area contributed by atoms with E-state index < -0.39 is 15.8 Å². The van der Waals surface area contributed by atoms with Crippen LogP contribution in [-0.2, 0) is 10.0 Å². The molecule has 1 aliphatic carbocycles. The van der Waals surface area contributed by atoms with E-state index in [-0.39, 0.29) is 5.69 Å². The number of benzene rings is 1. The molecule has 2 rings (SSSR count). The maximum Gasteiger partial charge on any atom is 0.229 e. The Morgan fingerprint density at radius 3 is 2.52 bits per heavy atom. The Balaban J connectivity index is 2.07. The first-order valence-electron chi connectivity index (χ1n) is 7.39. The van der Waals surface area contributed by atoms with Crippen molar-refractivity contribution in [2.45, 2.75) is 45.1 Å². The zero-order valence-corrected chi connectivity index (χ0v) is 13.3. The molecular formula is C15H23FN2O2S. The molecule has 0 aromatic heterocycles. The Hall–Kier alpha value is -1.30. The lowest BCUT2D eigenvalue weighted by Crippen LogP contribution is -2.27. The quantitative estimate of drug-likeness (QED) is 0.873. The fourth-order valence-electron chi connectivity index (χ4n) is 2.91. The van der Waals surface area contributed by atoms with Gasteiger partial charge in [0.15, 0.2) is 0 Å². The lowest BCUT2D eigenvalue weighted by molar-refractivity contribution is 0.328. The van der Waals surface area contributed by atoms with Gasteiger partial charge in [-0.3, -0.25) is 4.72 Å². The fraction of sp³-hybridized carbons (Fsp3) is 0.600. The van der Waals surface area contributed by atoms with Crippen molar-refractivity contribution in [2.75, 3.05) is 16.3 Å². The van der Waals surface area contributed by atoms with Gasteiger partial charge in [0.1, 0.15) is 5.82 Å². The average Bonchev–Trinajstić information content (AvgIpc) is 2.42. The number of hydrogen-bond donors (Lipinski definition) is 2. The molecule has 0 aliphatic heterocycles. The maximum atomic E-state index is 13.6. The van der Waals surface area contributed by atoms with Crippen molar-refractivity contribution in [2.24, 2.45) is 5.92 Å². The molecular weight excluding hydrogens is 291 g/mol. The summed E-state index contributed by atoms with van der Waals surface area (Å²) in [6.07, 6.45) is 7.27. The second-order valence-electron chi connectivity index (χ2n) is 5.90. The van der Waals surface area contributed by atoms with Crippen LogP contribution in [0.5, 0.6) is 0 Å². The van der Waals surface area contributed by atoms with Crippen molar-refractivity contribution in [3.63, 3.8) is 0 Å². The average molecular weight is 314 g/mol. The minimum absolute atomic E-state index is 0.0154. The Morgan fingerprint density at radius 2 is 1.90 bits per heavy atom. The number of nitrogens with one attached hydrogen (secondary N) is 2. The van der Waals surface area contributed by atoms with Crippen LogP contribution in [0.1, 0.15) is 39.0 Å². The lowest BCUT2D eigenvalue weighted by Gasteiger charge is -2.29. The molecule has 21 heavy (non-hydrogen) atoms. The molecule has 1 unspecified atom stereocenters. The molecule has 0 radical (unpaired) electrons. The van der Waals surface area contributed by atoms with E-state index in [1.165, 1.54) is 44.2 Å². The van der Waals surface area contributed by atoms with E-state index in [1.807, 2.05) is 0 Å². The zero-order chi connectivity index (χ0) is 15.5. The van der Waals surface area contributed by atoms with Crippen molar-refractivity contribution >= 4 is 21.4 Å². The molecule has 1 aromatic carbocycles. The van der Waals surface area contributed by atoms with E-state index in [1.54, 1.807) is 6.07 Å². The predicted octanol–water partition coefficient (Wildman–Crippen LogP) is 3.58. The van der Waals surface area contributed by atoms with Crippen molar-refractivity contribution < 1.29 is 12.8 Å². The standard InChI is InChI=1S/C15H23FN2O2S/c1-11(12-6-4-3-5-7-12)17-13-8-9-14(16)15(10-13)18-21(2,19)20/h8-12,17-18H,3-7H2,1-2H3. The molecule has 0 bridgehead atoms. The van der Waals surface area contributed by atoms with E-state index in [0.717, 1.165) is 11.9 Å². The van der Waals surface area contributed by atoms with Gasteiger partial charge in [0.2, 0.25) is 10.0 Å². The van der Waals surface area contributed by atoms with Crippen molar-refractivity contribution in [3.05, 3.63) is 24.0 Å². The van der Waals surface area contributed by atoms with Gasteiger partial charge in [0, 0.05) is 11.7 Å². The van der Waals surface area contributed by atoms with Crippen LogP contribution in [0.4, 0.5) is 15.8 Å². The number of halogens is 1. The summed E-state index contributed by atoms with van der Waals surface area (Å²) in [7, 11) is -3.48. The van der Waals surface area contributed by atoms with Gasteiger partial charge in [-0.15, -0.1) is 0 Å². The van der Waals surface area contributed by atoms with Crippen LogP contribution in [0.2, 0.25) is 0 Å². The summed E-state index contributed by atoms with van der Waals surface area (Å²) in [4.78, 5) is 0. The maximum absolute atomic E-state index is 13.6. The monoisotopic (exact) mass is 314 g/mol. The molecule has 2 N–H and O–H groups in total. The number of anilines is 2. The summed E-state index contributed by atoms with van der Waals surface area (Å²) >= 11 is 0. The lowest BCUT2D eigenvalue weighted by atomic mass is 9.84. The summed E-state index contributed by atoms with van der Waals surface area (Å²) in [6.45, 7) is 2.13. The number of hydrogen-bond acceptors (Lipinski definition) is 3. The van der Waals surface area contributed by atoms with Crippen LogP contribution < -0.4 is 10.0 Å². The third-order valence-electron chi connectivity index (χ3n) is 4.01. The highest BCUT2D eigenvalue weighted by Gasteiger charge is 2.20. The van der Waals surface area contributed by atoms with Crippen LogP contribution in [0.25, 0.3) is 0 Å². The number of sulfonamides is 1. The van der Waals surface area contributed by atoms with Gasteiger partial charge < -0.3 is 5.32 Å². The van der Waals surface area contributed by atoms with Crippen LogP contribution in [0.15, 0.2) is 18.2 Å². The highest BCUT2D eigenvalue weighted by molar-refractivity contribution is 7.92. The van der Waals surface area contributed by atoms with Gasteiger partial charge in [-0.2, -0.15) is 0 Å². The van der Waals surface area contributed by atoms with E-state index in [0.29, 0.717) is 12.0 Å². The Kier molecular flexibility index (Phi) is 5.08. The van der Waals surface area contributed by atoms with Gasteiger partial charge in [-0.1, -0.05) is 19.3 Å². The highest BCUT2D eigenvalue weighted by atomic mass is 32.2. The Bertz CT molecular complexity index is 583. The normalized spacial score (nSPS) is 18.2. The van der Waals surface area contributed by atoms with Crippen LogP contribution in [0.3, 0.4) is 0 Å². The summed E-state index contributed by atoms with van der Waals surface area (Å²) in [5, 5.41) is 3.36. The van der Waals surface area contributed by atoms with Crippen LogP contribution >= 0.6 is 0 Å². The van der Waals surface area contributed by atoms with E-state index in [9.17, 15) is 12.8 Å². The SMILES string of the molecule is CC(Nc1ccc(F)c(NS(C)(=O)=O)c1)C1CCCCC1. The molecule has 1 atom stereocenters. The first kappa shape index (κ1) is 16.1. The first-order valence-corrected chi connectivity index (χ1v) is 9.28. The summed E-state index contributed by atoms with van der Waals surface area (Å²) in [6, 6.07) is 4.73. The molecule has 118 valence electrons. The zero-order valence-electron chi connectivity index (χ0n) is 12.5. The third kappa shape index (κ3) is 4.88. The van der Waals surface area contributed by atoms with E-state index >= 15 is 0 Å². The predicted molar refractivity (Wildman–Crippen MR) is 84.5 cm³/mol. The molecule has 6 heteroatoms. The Morgan fingerprint density at radius 1 is 1.24 bits per heavy atom. The molecule has 0 amide bonds. The van der Waals surface area contributed by atoms with Crippen molar-refractivity contribution in [1.82, 2.24) is 0 Å². The van der Waals surface area contributed by atoms with Crippen LogP contribution in [-0.4, -0.2) is 20.7 Å². The van der Waals surface area contributed by atoms with E-state index in [2.05, 4.69) is 17.0 Å². The van der Waals surface area contributed by atoms with Gasteiger partial charge in [0.05, 0.1) is 11.9 Å². The van der Waals surface area contributed by atoms with Gasteiger partial charge >= 0.3 is 0 Å². The first-order chi connectivity index (χ1) is 9.85.